The van der Waals surface area contributed by atoms with Crippen molar-refractivity contribution < 1.29 is 14.3 Å². The summed E-state index contributed by atoms with van der Waals surface area (Å²) in [6.45, 7) is 3.80. The first-order valence-electron chi connectivity index (χ1n) is 5.83. The number of carbonyl (C=O) groups is 1. The van der Waals surface area contributed by atoms with Crippen LogP contribution < -0.4 is 15.2 Å². The van der Waals surface area contributed by atoms with Gasteiger partial charge >= 0.3 is 0 Å². The Kier molecular flexibility index (Phi) is 3.22. The minimum absolute atomic E-state index is 0.00306. The standard InChI is InChI=1S/C13H17NO3/c1-8(2)16-12-6-5-10(17-9-3-4-9)7-11(12)13(14)15/h5-9H,3-4H2,1-2H3,(H2,14,15). The minimum Gasteiger partial charge on any atom is -0.490 e. The smallest absolute Gasteiger partial charge is 0.252 e. The highest BCUT2D eigenvalue weighted by atomic mass is 16.5. The highest BCUT2D eigenvalue weighted by Crippen LogP contribution is 2.30. The SMILES string of the molecule is CC(C)Oc1ccc(OC2CC2)cc1C(N)=O. The lowest BCUT2D eigenvalue weighted by atomic mass is 10.2. The average Bonchev–Trinajstić information content (AvgIpc) is 3.03. The molecule has 1 aromatic rings. The summed E-state index contributed by atoms with van der Waals surface area (Å²) in [5.74, 6) is 0.690. The molecule has 2 rings (SSSR count). The van der Waals surface area contributed by atoms with Crippen molar-refractivity contribution in [3.8, 4) is 11.5 Å². The Labute approximate surface area is 101 Å². The van der Waals surface area contributed by atoms with E-state index >= 15 is 0 Å². The Morgan fingerprint density at radius 3 is 2.65 bits per heavy atom. The Bertz CT molecular complexity index is 425. The van der Waals surface area contributed by atoms with Crippen LogP contribution in [0.3, 0.4) is 0 Å². The molecule has 0 spiro atoms. The second kappa shape index (κ2) is 4.65. The van der Waals surface area contributed by atoms with Gasteiger partial charge in [-0.15, -0.1) is 0 Å². The van der Waals surface area contributed by atoms with Gasteiger partial charge in [-0.05, 0) is 44.9 Å². The molecule has 0 heterocycles. The van der Waals surface area contributed by atoms with E-state index < -0.39 is 5.91 Å². The van der Waals surface area contributed by atoms with E-state index in [0.717, 1.165) is 12.8 Å². The lowest BCUT2D eigenvalue weighted by Crippen LogP contribution is -2.15. The van der Waals surface area contributed by atoms with Crippen LogP contribution in [0.25, 0.3) is 0 Å². The molecule has 1 aromatic carbocycles. The van der Waals surface area contributed by atoms with Crippen molar-refractivity contribution in [1.29, 1.82) is 0 Å². The Morgan fingerprint density at radius 2 is 2.12 bits per heavy atom. The van der Waals surface area contributed by atoms with Crippen molar-refractivity contribution >= 4 is 5.91 Å². The van der Waals surface area contributed by atoms with Gasteiger partial charge in [-0.3, -0.25) is 4.79 Å². The van der Waals surface area contributed by atoms with Crippen LogP contribution in [0, 0.1) is 0 Å². The van der Waals surface area contributed by atoms with Crippen molar-refractivity contribution in [2.24, 2.45) is 5.73 Å². The Morgan fingerprint density at radius 1 is 1.41 bits per heavy atom. The molecule has 1 aliphatic rings. The molecule has 0 bridgehead atoms. The molecule has 1 fully saturated rings. The second-order valence-electron chi connectivity index (χ2n) is 4.51. The van der Waals surface area contributed by atoms with E-state index in [9.17, 15) is 4.79 Å². The molecule has 0 unspecified atom stereocenters. The largest absolute Gasteiger partial charge is 0.490 e. The van der Waals surface area contributed by atoms with Crippen molar-refractivity contribution in [3.63, 3.8) is 0 Å². The van der Waals surface area contributed by atoms with E-state index in [-0.39, 0.29) is 6.10 Å². The van der Waals surface area contributed by atoms with Gasteiger partial charge in [0.05, 0.1) is 17.8 Å². The quantitative estimate of drug-likeness (QED) is 0.850. The van der Waals surface area contributed by atoms with E-state index in [0.29, 0.717) is 23.2 Å². The maximum absolute atomic E-state index is 11.3. The summed E-state index contributed by atoms with van der Waals surface area (Å²) >= 11 is 0. The van der Waals surface area contributed by atoms with Gasteiger partial charge in [-0.25, -0.2) is 0 Å². The first-order chi connectivity index (χ1) is 8.06. The number of amides is 1. The summed E-state index contributed by atoms with van der Waals surface area (Å²) in [7, 11) is 0. The van der Waals surface area contributed by atoms with Gasteiger partial charge in [-0.1, -0.05) is 0 Å². The molecule has 17 heavy (non-hydrogen) atoms. The summed E-state index contributed by atoms with van der Waals surface area (Å²) in [5.41, 5.74) is 5.70. The lowest BCUT2D eigenvalue weighted by molar-refractivity contribution is 0.0994. The number of hydrogen-bond donors (Lipinski definition) is 1. The van der Waals surface area contributed by atoms with E-state index in [4.69, 9.17) is 15.2 Å². The maximum atomic E-state index is 11.3. The highest BCUT2D eigenvalue weighted by molar-refractivity contribution is 5.96. The molecule has 4 heteroatoms. The van der Waals surface area contributed by atoms with Crippen molar-refractivity contribution in [2.75, 3.05) is 0 Å². The van der Waals surface area contributed by atoms with E-state index in [1.165, 1.54) is 0 Å². The first-order valence-corrected chi connectivity index (χ1v) is 5.83. The van der Waals surface area contributed by atoms with Crippen LogP contribution in [0.4, 0.5) is 0 Å². The molecular weight excluding hydrogens is 218 g/mol. The summed E-state index contributed by atoms with van der Waals surface area (Å²) in [4.78, 5) is 11.3. The van der Waals surface area contributed by atoms with Gasteiger partial charge in [0.2, 0.25) is 0 Å². The van der Waals surface area contributed by atoms with Gasteiger partial charge in [0.1, 0.15) is 11.5 Å². The zero-order chi connectivity index (χ0) is 12.4. The number of primary amides is 1. The van der Waals surface area contributed by atoms with Crippen LogP contribution >= 0.6 is 0 Å². The van der Waals surface area contributed by atoms with Crippen LogP contribution in [0.1, 0.15) is 37.0 Å². The number of carbonyl (C=O) groups excluding carboxylic acids is 1. The zero-order valence-electron chi connectivity index (χ0n) is 10.1. The molecule has 1 amide bonds. The number of hydrogen-bond acceptors (Lipinski definition) is 3. The van der Waals surface area contributed by atoms with E-state index in [2.05, 4.69) is 0 Å². The third-order valence-electron chi connectivity index (χ3n) is 2.41. The normalized spacial score (nSPS) is 14.8. The summed E-state index contributed by atoms with van der Waals surface area (Å²) in [5, 5.41) is 0. The molecular formula is C13H17NO3. The van der Waals surface area contributed by atoms with Crippen LogP contribution in [0.5, 0.6) is 11.5 Å². The highest BCUT2D eigenvalue weighted by Gasteiger charge is 2.24. The zero-order valence-corrected chi connectivity index (χ0v) is 10.1. The van der Waals surface area contributed by atoms with E-state index in [1.807, 2.05) is 19.9 Å². The van der Waals surface area contributed by atoms with Crippen LogP contribution in [-0.2, 0) is 0 Å². The molecule has 2 N–H and O–H groups in total. The van der Waals surface area contributed by atoms with Crippen LogP contribution in [-0.4, -0.2) is 18.1 Å². The molecule has 1 aliphatic carbocycles. The van der Waals surface area contributed by atoms with Gasteiger partial charge in [0, 0.05) is 0 Å². The van der Waals surface area contributed by atoms with Gasteiger partial charge in [0.15, 0.2) is 0 Å². The molecule has 4 nitrogen and oxygen atoms in total. The summed E-state index contributed by atoms with van der Waals surface area (Å²) in [6.07, 6.45) is 2.46. The lowest BCUT2D eigenvalue weighted by Gasteiger charge is -2.14. The van der Waals surface area contributed by atoms with Crippen molar-refractivity contribution in [3.05, 3.63) is 23.8 Å². The Balaban J connectivity index is 2.22. The molecule has 0 aromatic heterocycles. The third kappa shape index (κ3) is 3.12. The molecule has 92 valence electrons. The van der Waals surface area contributed by atoms with Crippen molar-refractivity contribution in [2.45, 2.75) is 38.9 Å². The van der Waals surface area contributed by atoms with E-state index in [1.54, 1.807) is 12.1 Å². The Hall–Kier alpha value is -1.71. The molecule has 0 aliphatic heterocycles. The topological polar surface area (TPSA) is 61.6 Å². The van der Waals surface area contributed by atoms with Crippen LogP contribution in [0.15, 0.2) is 18.2 Å². The second-order valence-corrected chi connectivity index (χ2v) is 4.51. The monoisotopic (exact) mass is 235 g/mol. The van der Waals surface area contributed by atoms with Gasteiger partial charge < -0.3 is 15.2 Å². The maximum Gasteiger partial charge on any atom is 0.252 e. The number of benzene rings is 1. The molecule has 1 saturated carbocycles. The average molecular weight is 235 g/mol. The van der Waals surface area contributed by atoms with Gasteiger partial charge in [-0.2, -0.15) is 0 Å². The van der Waals surface area contributed by atoms with Crippen molar-refractivity contribution in [1.82, 2.24) is 0 Å². The first kappa shape index (κ1) is 11.8. The fourth-order valence-electron chi connectivity index (χ4n) is 1.51. The molecule has 0 radical (unpaired) electrons. The summed E-state index contributed by atoms with van der Waals surface area (Å²) < 4.78 is 11.1. The number of ether oxygens (including phenoxy) is 2. The minimum atomic E-state index is -0.498. The predicted molar refractivity (Wildman–Crippen MR) is 64.4 cm³/mol. The molecule has 0 atom stereocenters. The summed E-state index contributed by atoms with van der Waals surface area (Å²) in [6, 6.07) is 5.19. The predicted octanol–water partition coefficient (Wildman–Crippen LogP) is 2.11. The third-order valence-corrected chi connectivity index (χ3v) is 2.41. The molecule has 0 saturated heterocycles. The number of nitrogens with two attached hydrogens (primary N) is 1. The fourth-order valence-corrected chi connectivity index (χ4v) is 1.51. The fraction of sp³-hybridized carbons (Fsp3) is 0.462. The van der Waals surface area contributed by atoms with Crippen LogP contribution in [0.2, 0.25) is 0 Å². The van der Waals surface area contributed by atoms with Gasteiger partial charge in [0.25, 0.3) is 5.91 Å². The number of rotatable bonds is 5.